The van der Waals surface area contributed by atoms with E-state index < -0.39 is 0 Å². The SMILES string of the molecule is c1cc2[nH]nc(-c3cnn(CC4CCCC4)c3)c2c(OC2CCCCC2)n1. The molecule has 2 saturated carbocycles. The van der Waals surface area contributed by atoms with Crippen molar-refractivity contribution in [3.8, 4) is 17.1 Å². The number of ether oxygens (including phenoxy) is 1. The van der Waals surface area contributed by atoms with Gasteiger partial charge in [-0.2, -0.15) is 10.2 Å². The summed E-state index contributed by atoms with van der Waals surface area (Å²) >= 11 is 0. The molecule has 6 heteroatoms. The zero-order valence-electron chi connectivity index (χ0n) is 15.7. The Morgan fingerprint density at radius 2 is 1.89 bits per heavy atom. The molecule has 0 saturated heterocycles. The van der Waals surface area contributed by atoms with Crippen LogP contribution in [0, 0.1) is 5.92 Å². The first-order valence-electron chi connectivity index (χ1n) is 10.4. The van der Waals surface area contributed by atoms with Gasteiger partial charge in [-0.3, -0.25) is 9.78 Å². The molecule has 0 aromatic carbocycles. The number of aromatic nitrogens is 5. The fraction of sp³-hybridized carbons (Fsp3) is 0.571. The lowest BCUT2D eigenvalue weighted by molar-refractivity contribution is 0.151. The Kier molecular flexibility index (Phi) is 4.56. The van der Waals surface area contributed by atoms with Crippen molar-refractivity contribution in [2.45, 2.75) is 70.4 Å². The minimum absolute atomic E-state index is 0.268. The Hall–Kier alpha value is -2.37. The van der Waals surface area contributed by atoms with E-state index in [0.717, 1.165) is 47.5 Å². The van der Waals surface area contributed by atoms with Crippen LogP contribution in [-0.2, 0) is 6.54 Å². The number of aromatic amines is 1. The van der Waals surface area contributed by atoms with E-state index in [9.17, 15) is 0 Å². The molecule has 3 heterocycles. The number of hydrogen-bond acceptors (Lipinski definition) is 4. The van der Waals surface area contributed by atoms with Gasteiger partial charge >= 0.3 is 0 Å². The number of fused-ring (bicyclic) bond motifs is 1. The zero-order chi connectivity index (χ0) is 18.1. The van der Waals surface area contributed by atoms with Gasteiger partial charge in [-0.15, -0.1) is 0 Å². The van der Waals surface area contributed by atoms with E-state index in [1.807, 2.05) is 12.3 Å². The minimum atomic E-state index is 0.268. The second-order valence-corrected chi connectivity index (χ2v) is 8.09. The molecular formula is C21H27N5O. The zero-order valence-corrected chi connectivity index (χ0v) is 15.7. The number of nitrogens with one attached hydrogen (secondary N) is 1. The summed E-state index contributed by atoms with van der Waals surface area (Å²) in [6, 6.07) is 1.96. The molecule has 5 rings (SSSR count). The summed E-state index contributed by atoms with van der Waals surface area (Å²) in [5.41, 5.74) is 2.89. The number of pyridine rings is 1. The third-order valence-electron chi connectivity index (χ3n) is 6.10. The van der Waals surface area contributed by atoms with Crippen LogP contribution in [0.2, 0.25) is 0 Å². The van der Waals surface area contributed by atoms with Gasteiger partial charge in [0.25, 0.3) is 0 Å². The number of rotatable bonds is 5. The largest absolute Gasteiger partial charge is 0.474 e. The average molecular weight is 365 g/mol. The van der Waals surface area contributed by atoms with Crippen molar-refractivity contribution in [2.75, 3.05) is 0 Å². The number of nitrogens with zero attached hydrogens (tertiary/aromatic N) is 4. The monoisotopic (exact) mass is 365 g/mol. The molecule has 0 bridgehead atoms. The second-order valence-electron chi connectivity index (χ2n) is 8.09. The molecule has 0 amide bonds. The first-order chi connectivity index (χ1) is 13.4. The lowest BCUT2D eigenvalue weighted by atomic mass is 9.98. The van der Waals surface area contributed by atoms with Gasteiger partial charge in [0, 0.05) is 24.5 Å². The van der Waals surface area contributed by atoms with Crippen molar-refractivity contribution in [3.05, 3.63) is 24.7 Å². The molecule has 142 valence electrons. The van der Waals surface area contributed by atoms with Gasteiger partial charge in [0.15, 0.2) is 0 Å². The van der Waals surface area contributed by atoms with Crippen LogP contribution in [0.5, 0.6) is 5.88 Å². The summed E-state index contributed by atoms with van der Waals surface area (Å²) in [5.74, 6) is 1.47. The Balaban J connectivity index is 1.43. The molecule has 2 aliphatic rings. The highest BCUT2D eigenvalue weighted by Crippen LogP contribution is 2.34. The molecule has 1 N–H and O–H groups in total. The van der Waals surface area contributed by atoms with Crippen molar-refractivity contribution in [1.29, 1.82) is 0 Å². The predicted molar refractivity (Wildman–Crippen MR) is 105 cm³/mol. The molecule has 0 aliphatic heterocycles. The van der Waals surface area contributed by atoms with E-state index >= 15 is 0 Å². The molecule has 0 unspecified atom stereocenters. The maximum absolute atomic E-state index is 6.31. The van der Waals surface area contributed by atoms with Gasteiger partial charge in [-0.1, -0.05) is 19.3 Å². The van der Waals surface area contributed by atoms with Crippen molar-refractivity contribution in [3.63, 3.8) is 0 Å². The lowest BCUT2D eigenvalue weighted by Gasteiger charge is -2.22. The predicted octanol–water partition coefficient (Wildman–Crippen LogP) is 4.72. The van der Waals surface area contributed by atoms with Crippen LogP contribution in [0.3, 0.4) is 0 Å². The Morgan fingerprint density at radius 3 is 2.74 bits per heavy atom. The lowest BCUT2D eigenvalue weighted by Crippen LogP contribution is -2.20. The fourth-order valence-corrected chi connectivity index (χ4v) is 4.62. The Labute approximate surface area is 159 Å². The second kappa shape index (κ2) is 7.33. The molecule has 3 aromatic rings. The molecule has 3 aromatic heterocycles. The van der Waals surface area contributed by atoms with Crippen molar-refractivity contribution in [2.24, 2.45) is 5.92 Å². The van der Waals surface area contributed by atoms with Crippen LogP contribution >= 0.6 is 0 Å². The standard InChI is InChI=1S/C21H27N5O/c1-2-8-17(9-3-1)27-21-19-18(10-11-22-21)24-25-20(19)16-12-23-26(14-16)13-15-6-4-5-7-15/h10-12,14-15,17H,1-9,13H2,(H,24,25). The molecule has 0 radical (unpaired) electrons. The van der Waals surface area contributed by atoms with E-state index in [0.29, 0.717) is 5.88 Å². The minimum Gasteiger partial charge on any atom is -0.474 e. The summed E-state index contributed by atoms with van der Waals surface area (Å²) in [7, 11) is 0. The van der Waals surface area contributed by atoms with Crippen molar-refractivity contribution < 1.29 is 4.74 Å². The maximum Gasteiger partial charge on any atom is 0.225 e. The van der Waals surface area contributed by atoms with Gasteiger partial charge in [-0.25, -0.2) is 4.98 Å². The normalized spacial score (nSPS) is 19.1. The Morgan fingerprint density at radius 1 is 1.07 bits per heavy atom. The van der Waals surface area contributed by atoms with Crippen molar-refractivity contribution in [1.82, 2.24) is 25.0 Å². The highest BCUT2D eigenvalue weighted by molar-refractivity contribution is 5.96. The molecular weight excluding hydrogens is 338 g/mol. The van der Waals surface area contributed by atoms with E-state index in [4.69, 9.17) is 4.74 Å². The maximum atomic E-state index is 6.31. The van der Waals surface area contributed by atoms with Gasteiger partial charge < -0.3 is 4.74 Å². The van der Waals surface area contributed by atoms with Crippen LogP contribution < -0.4 is 4.74 Å². The van der Waals surface area contributed by atoms with Gasteiger partial charge in [0.2, 0.25) is 5.88 Å². The summed E-state index contributed by atoms with van der Waals surface area (Å²) in [6.45, 7) is 1.01. The van der Waals surface area contributed by atoms with Crippen LogP contribution in [0.4, 0.5) is 0 Å². The average Bonchev–Trinajstić information content (AvgIpc) is 3.44. The number of H-pyrrole nitrogens is 1. The summed E-state index contributed by atoms with van der Waals surface area (Å²) < 4.78 is 8.38. The van der Waals surface area contributed by atoms with E-state index in [-0.39, 0.29) is 6.10 Å². The van der Waals surface area contributed by atoms with Crippen molar-refractivity contribution >= 4 is 10.9 Å². The molecule has 2 aliphatic carbocycles. The van der Waals surface area contributed by atoms with Gasteiger partial charge in [-0.05, 0) is 50.5 Å². The first-order valence-corrected chi connectivity index (χ1v) is 10.4. The van der Waals surface area contributed by atoms with Crippen LogP contribution in [0.25, 0.3) is 22.2 Å². The van der Waals surface area contributed by atoms with Gasteiger partial charge in [0.1, 0.15) is 11.8 Å². The van der Waals surface area contributed by atoms with Gasteiger partial charge in [0.05, 0.1) is 17.1 Å². The first kappa shape index (κ1) is 16.8. The fourth-order valence-electron chi connectivity index (χ4n) is 4.62. The van der Waals surface area contributed by atoms with E-state index in [1.54, 1.807) is 6.20 Å². The topological polar surface area (TPSA) is 68.6 Å². The van der Waals surface area contributed by atoms with Crippen LogP contribution in [-0.4, -0.2) is 31.1 Å². The quantitative estimate of drug-likeness (QED) is 0.710. The molecule has 0 spiro atoms. The summed E-state index contributed by atoms with van der Waals surface area (Å²) in [4.78, 5) is 4.54. The third-order valence-corrected chi connectivity index (χ3v) is 6.10. The van der Waals surface area contributed by atoms with Crippen LogP contribution in [0.1, 0.15) is 57.8 Å². The Bertz CT molecular complexity index is 902. The smallest absolute Gasteiger partial charge is 0.225 e. The molecule has 6 nitrogen and oxygen atoms in total. The van der Waals surface area contributed by atoms with Crippen LogP contribution in [0.15, 0.2) is 24.7 Å². The highest BCUT2D eigenvalue weighted by Gasteiger charge is 2.21. The molecule has 0 atom stereocenters. The summed E-state index contributed by atoms with van der Waals surface area (Å²) in [5, 5.41) is 13.3. The number of hydrogen-bond donors (Lipinski definition) is 1. The molecule has 2 fully saturated rings. The van der Waals surface area contributed by atoms with E-state index in [1.165, 1.54) is 44.9 Å². The molecule has 27 heavy (non-hydrogen) atoms. The third kappa shape index (κ3) is 3.45. The van der Waals surface area contributed by atoms with E-state index in [2.05, 4.69) is 31.2 Å². The highest BCUT2D eigenvalue weighted by atomic mass is 16.5. The summed E-state index contributed by atoms with van der Waals surface area (Å²) in [6.07, 6.45) is 17.5.